The molecule has 1 fully saturated rings. The van der Waals surface area contributed by atoms with Crippen molar-refractivity contribution in [3.05, 3.63) is 42.8 Å². The molecule has 0 aliphatic carbocycles. The Morgan fingerprint density at radius 3 is 2.29 bits per heavy atom. The largest absolute Gasteiger partial charge is 0.432 e. The summed E-state index contributed by atoms with van der Waals surface area (Å²) < 4.78 is 5.31. The summed E-state index contributed by atoms with van der Waals surface area (Å²) in [6, 6.07) is 11.2. The lowest BCUT2D eigenvalue weighted by Crippen LogP contribution is -2.46. The van der Waals surface area contributed by atoms with Crippen LogP contribution in [-0.2, 0) is 0 Å². The molecule has 0 spiro atoms. The molecule has 2 heterocycles. The van der Waals surface area contributed by atoms with E-state index < -0.39 is 0 Å². The Bertz CT molecular complexity index is 447. The fourth-order valence-electron chi connectivity index (χ4n) is 2.17. The average Bonchev–Trinajstić information content (AvgIpc) is 2.94. The van der Waals surface area contributed by atoms with E-state index >= 15 is 0 Å². The molecule has 88 valence electrons. The van der Waals surface area contributed by atoms with Gasteiger partial charge in [-0.05, 0) is 12.1 Å². The first kappa shape index (κ1) is 10.2. The van der Waals surface area contributed by atoms with Gasteiger partial charge < -0.3 is 14.2 Å². The van der Waals surface area contributed by atoms with Crippen LogP contribution in [0.25, 0.3) is 0 Å². The number of anilines is 2. The van der Waals surface area contributed by atoms with Crippen LogP contribution in [0.3, 0.4) is 0 Å². The number of hydrogen-bond acceptors (Lipinski definition) is 4. The monoisotopic (exact) mass is 229 g/mol. The maximum Gasteiger partial charge on any atom is 0.297 e. The molecule has 1 aromatic heterocycles. The van der Waals surface area contributed by atoms with Crippen molar-refractivity contribution in [2.45, 2.75) is 0 Å². The predicted octanol–water partition coefficient (Wildman–Crippen LogP) is 2.00. The Labute approximate surface area is 100 Å². The van der Waals surface area contributed by atoms with Gasteiger partial charge in [0, 0.05) is 31.9 Å². The third kappa shape index (κ3) is 2.11. The van der Waals surface area contributed by atoms with Crippen LogP contribution in [-0.4, -0.2) is 31.2 Å². The van der Waals surface area contributed by atoms with E-state index in [4.69, 9.17) is 4.42 Å². The topological polar surface area (TPSA) is 32.5 Å². The van der Waals surface area contributed by atoms with Crippen molar-refractivity contribution >= 4 is 11.7 Å². The summed E-state index contributed by atoms with van der Waals surface area (Å²) in [6.45, 7) is 3.92. The third-order valence-corrected chi connectivity index (χ3v) is 3.09. The van der Waals surface area contributed by atoms with Gasteiger partial charge in [-0.2, -0.15) is 0 Å². The summed E-state index contributed by atoms with van der Waals surface area (Å²) >= 11 is 0. The molecule has 0 unspecified atom stereocenters. The van der Waals surface area contributed by atoms with Crippen LogP contribution >= 0.6 is 0 Å². The van der Waals surface area contributed by atoms with Gasteiger partial charge in [-0.3, -0.25) is 0 Å². The molecule has 0 atom stereocenters. The van der Waals surface area contributed by atoms with Crippen molar-refractivity contribution in [2.24, 2.45) is 0 Å². The van der Waals surface area contributed by atoms with Gasteiger partial charge in [-0.15, -0.1) is 0 Å². The summed E-state index contributed by atoms with van der Waals surface area (Å²) in [4.78, 5) is 8.75. The minimum atomic E-state index is 0.734. The maximum absolute atomic E-state index is 5.31. The normalized spacial score (nSPS) is 16.2. The molecule has 0 radical (unpaired) electrons. The van der Waals surface area contributed by atoms with Crippen LogP contribution in [0.15, 0.2) is 47.2 Å². The van der Waals surface area contributed by atoms with E-state index in [1.807, 2.05) is 6.07 Å². The zero-order chi connectivity index (χ0) is 11.5. The van der Waals surface area contributed by atoms with Crippen molar-refractivity contribution in [1.82, 2.24) is 4.98 Å². The van der Waals surface area contributed by atoms with E-state index in [2.05, 4.69) is 39.0 Å². The number of oxazole rings is 1. The van der Waals surface area contributed by atoms with Crippen molar-refractivity contribution < 1.29 is 4.42 Å². The zero-order valence-electron chi connectivity index (χ0n) is 9.62. The highest BCUT2D eigenvalue weighted by molar-refractivity contribution is 5.47. The number of aromatic nitrogens is 1. The first-order valence-electron chi connectivity index (χ1n) is 5.88. The number of benzene rings is 1. The average molecular weight is 229 g/mol. The van der Waals surface area contributed by atoms with E-state index in [0.717, 1.165) is 32.2 Å². The van der Waals surface area contributed by atoms with Crippen molar-refractivity contribution in [2.75, 3.05) is 36.0 Å². The van der Waals surface area contributed by atoms with Crippen LogP contribution in [0.4, 0.5) is 11.7 Å². The van der Waals surface area contributed by atoms with Crippen molar-refractivity contribution in [1.29, 1.82) is 0 Å². The second-order valence-corrected chi connectivity index (χ2v) is 4.12. The van der Waals surface area contributed by atoms with Gasteiger partial charge >= 0.3 is 0 Å². The molecule has 0 amide bonds. The standard InChI is InChI=1S/C13H15N3O/c1-2-4-12(5-3-1)15-7-9-16(10-8-15)13-14-6-11-17-13/h1-6,11H,7-10H2. The van der Waals surface area contributed by atoms with Gasteiger partial charge in [-0.1, -0.05) is 18.2 Å². The molecule has 0 saturated carbocycles. The summed E-state index contributed by atoms with van der Waals surface area (Å²) in [5, 5.41) is 0. The number of hydrogen-bond donors (Lipinski definition) is 0. The SMILES string of the molecule is c1ccc(N2CCN(c3ncco3)CC2)cc1. The second kappa shape index (κ2) is 4.49. The van der Waals surface area contributed by atoms with E-state index in [1.54, 1.807) is 12.5 Å². The molecule has 1 aromatic carbocycles. The molecular weight excluding hydrogens is 214 g/mol. The maximum atomic E-state index is 5.31. The third-order valence-electron chi connectivity index (χ3n) is 3.09. The molecule has 4 heteroatoms. The van der Waals surface area contributed by atoms with E-state index in [0.29, 0.717) is 0 Å². The van der Waals surface area contributed by atoms with Gasteiger partial charge in [0.25, 0.3) is 6.01 Å². The van der Waals surface area contributed by atoms with E-state index in [9.17, 15) is 0 Å². The van der Waals surface area contributed by atoms with Crippen molar-refractivity contribution in [3.8, 4) is 0 Å². The molecule has 2 aromatic rings. The summed E-state index contributed by atoms with van der Waals surface area (Å²) in [6.07, 6.45) is 3.32. The van der Waals surface area contributed by atoms with Crippen LogP contribution in [0.2, 0.25) is 0 Å². The quantitative estimate of drug-likeness (QED) is 0.788. The lowest BCUT2D eigenvalue weighted by molar-refractivity contribution is 0.516. The molecule has 3 rings (SSSR count). The number of nitrogens with zero attached hydrogens (tertiary/aromatic N) is 3. The summed E-state index contributed by atoms with van der Waals surface area (Å²) in [5.74, 6) is 0. The fraction of sp³-hybridized carbons (Fsp3) is 0.308. The predicted molar refractivity (Wildman–Crippen MR) is 67.4 cm³/mol. The smallest absolute Gasteiger partial charge is 0.297 e. The second-order valence-electron chi connectivity index (χ2n) is 4.12. The highest BCUT2D eigenvalue weighted by atomic mass is 16.4. The van der Waals surface area contributed by atoms with Gasteiger partial charge in [0.2, 0.25) is 0 Å². The van der Waals surface area contributed by atoms with Gasteiger partial charge in [-0.25, -0.2) is 4.98 Å². The number of rotatable bonds is 2. The van der Waals surface area contributed by atoms with E-state index in [1.165, 1.54) is 5.69 Å². The summed E-state index contributed by atoms with van der Waals surface area (Å²) in [7, 11) is 0. The van der Waals surface area contributed by atoms with E-state index in [-0.39, 0.29) is 0 Å². The minimum Gasteiger partial charge on any atom is -0.432 e. The fourth-order valence-corrected chi connectivity index (χ4v) is 2.17. The van der Waals surface area contributed by atoms with Crippen LogP contribution in [0.5, 0.6) is 0 Å². The molecule has 0 bridgehead atoms. The molecule has 1 aliphatic rings. The Morgan fingerprint density at radius 1 is 0.941 bits per heavy atom. The lowest BCUT2D eigenvalue weighted by Gasteiger charge is -2.35. The lowest BCUT2D eigenvalue weighted by atomic mass is 10.2. The first-order chi connectivity index (χ1) is 8.43. The number of para-hydroxylation sites is 1. The molecule has 0 N–H and O–H groups in total. The molecule has 17 heavy (non-hydrogen) atoms. The molecular formula is C13H15N3O. The Morgan fingerprint density at radius 2 is 1.65 bits per heavy atom. The molecule has 1 saturated heterocycles. The van der Waals surface area contributed by atoms with Crippen LogP contribution in [0, 0.1) is 0 Å². The van der Waals surface area contributed by atoms with Gasteiger partial charge in [0.05, 0.1) is 6.20 Å². The highest BCUT2D eigenvalue weighted by Crippen LogP contribution is 2.18. The summed E-state index contributed by atoms with van der Waals surface area (Å²) in [5.41, 5.74) is 1.29. The molecule has 4 nitrogen and oxygen atoms in total. The number of piperazine rings is 1. The molecule has 1 aliphatic heterocycles. The van der Waals surface area contributed by atoms with Crippen LogP contribution in [0.1, 0.15) is 0 Å². The first-order valence-corrected chi connectivity index (χ1v) is 5.88. The van der Waals surface area contributed by atoms with Crippen LogP contribution < -0.4 is 9.80 Å². The Balaban J connectivity index is 1.65. The zero-order valence-corrected chi connectivity index (χ0v) is 9.62. The minimum absolute atomic E-state index is 0.734. The Kier molecular flexibility index (Phi) is 2.69. The van der Waals surface area contributed by atoms with Gasteiger partial charge in [0.1, 0.15) is 6.26 Å². The highest BCUT2D eigenvalue weighted by Gasteiger charge is 2.19. The van der Waals surface area contributed by atoms with Gasteiger partial charge in [0.15, 0.2) is 0 Å². The Hall–Kier alpha value is -1.97. The van der Waals surface area contributed by atoms with Crippen molar-refractivity contribution in [3.63, 3.8) is 0 Å².